The van der Waals surface area contributed by atoms with Gasteiger partial charge in [0.05, 0.1) is 18.5 Å². The minimum atomic E-state index is -0.174. The molecule has 2 aliphatic heterocycles. The van der Waals surface area contributed by atoms with Crippen LogP contribution in [0.2, 0.25) is 0 Å². The average Bonchev–Trinajstić information content (AvgIpc) is 2.93. The van der Waals surface area contributed by atoms with Gasteiger partial charge in [0.2, 0.25) is 11.9 Å². The minimum absolute atomic E-state index is 0.174. The molecule has 0 amide bonds. The molecule has 2 saturated heterocycles. The molecular formula is C26H34N8O2. The van der Waals surface area contributed by atoms with Gasteiger partial charge in [0, 0.05) is 75.9 Å². The third-order valence-corrected chi connectivity index (χ3v) is 7.09. The number of piperazine rings is 2. The van der Waals surface area contributed by atoms with Gasteiger partial charge in [-0.2, -0.15) is 0 Å². The Balaban J connectivity index is 1.29. The van der Waals surface area contributed by atoms with Crippen LogP contribution in [0.25, 0.3) is 11.3 Å². The molecule has 190 valence electrons. The lowest BCUT2D eigenvalue weighted by Crippen LogP contribution is -2.47. The van der Waals surface area contributed by atoms with Crippen molar-refractivity contribution in [2.24, 2.45) is 0 Å². The number of anilines is 3. The maximum atomic E-state index is 12.6. The van der Waals surface area contributed by atoms with E-state index in [2.05, 4.69) is 48.6 Å². The molecule has 5 rings (SSSR count). The summed E-state index contributed by atoms with van der Waals surface area (Å²) in [5, 5.41) is 0. The fraction of sp³-hybridized carbons (Fsp3) is 0.462. The Hall–Kier alpha value is -3.66. The second kappa shape index (κ2) is 10.5. The van der Waals surface area contributed by atoms with Crippen LogP contribution in [-0.2, 0) is 0 Å². The number of methoxy groups -OCH3 is 1. The summed E-state index contributed by atoms with van der Waals surface area (Å²) in [6.07, 6.45) is 1.80. The summed E-state index contributed by atoms with van der Waals surface area (Å²) in [5.41, 5.74) is 3.20. The second-order valence-corrected chi connectivity index (χ2v) is 9.22. The van der Waals surface area contributed by atoms with Crippen LogP contribution in [-0.4, -0.2) is 90.8 Å². The van der Waals surface area contributed by atoms with Gasteiger partial charge in [-0.15, -0.1) is 0 Å². The third kappa shape index (κ3) is 5.13. The lowest BCUT2D eigenvalue weighted by molar-refractivity contribution is 0.270. The van der Waals surface area contributed by atoms with Gasteiger partial charge >= 0.3 is 0 Å². The van der Waals surface area contributed by atoms with Crippen molar-refractivity contribution in [1.29, 1.82) is 0 Å². The molecule has 0 bridgehead atoms. The summed E-state index contributed by atoms with van der Waals surface area (Å²) in [5.74, 6) is 2.18. The van der Waals surface area contributed by atoms with E-state index in [-0.39, 0.29) is 5.56 Å². The summed E-state index contributed by atoms with van der Waals surface area (Å²) in [4.78, 5) is 38.8. The van der Waals surface area contributed by atoms with Gasteiger partial charge in [-0.25, -0.2) is 15.0 Å². The third-order valence-electron chi connectivity index (χ3n) is 7.09. The molecule has 1 N–H and O–H groups in total. The van der Waals surface area contributed by atoms with Gasteiger partial charge in [0.25, 0.3) is 5.56 Å². The van der Waals surface area contributed by atoms with Crippen LogP contribution in [0, 0.1) is 6.92 Å². The van der Waals surface area contributed by atoms with Crippen LogP contribution in [0.3, 0.4) is 0 Å². The molecule has 10 nitrogen and oxygen atoms in total. The zero-order valence-corrected chi connectivity index (χ0v) is 21.3. The normalized spacial score (nSPS) is 16.9. The van der Waals surface area contributed by atoms with Crippen molar-refractivity contribution in [2.75, 3.05) is 80.7 Å². The van der Waals surface area contributed by atoms with Crippen LogP contribution >= 0.6 is 0 Å². The molecule has 1 aromatic carbocycles. The lowest BCUT2D eigenvalue weighted by Gasteiger charge is -2.36. The number of H-pyrrole nitrogens is 1. The molecule has 10 heteroatoms. The second-order valence-electron chi connectivity index (χ2n) is 9.22. The van der Waals surface area contributed by atoms with Crippen molar-refractivity contribution < 1.29 is 4.74 Å². The maximum Gasteiger partial charge on any atom is 0.252 e. The molecule has 0 aliphatic carbocycles. The standard InChI is InChI=1S/C26H34N8O2/c1-4-31-9-11-33(12-10-31)25-27-18-22(19(2)28-25)23-17-24(35)30-26(29-23)34-15-13-32(14-16-34)20-5-7-21(36-3)8-6-20/h5-8,17-18H,4,9-16H2,1-3H3,(H,29,30,35). The van der Waals surface area contributed by atoms with Gasteiger partial charge in [-0.1, -0.05) is 6.92 Å². The van der Waals surface area contributed by atoms with Crippen molar-refractivity contribution in [3.8, 4) is 17.0 Å². The van der Waals surface area contributed by atoms with E-state index in [0.717, 1.165) is 87.5 Å². The first-order valence-electron chi connectivity index (χ1n) is 12.6. The summed E-state index contributed by atoms with van der Waals surface area (Å²) in [6, 6.07) is 9.63. The zero-order chi connectivity index (χ0) is 25.1. The van der Waals surface area contributed by atoms with E-state index < -0.39 is 0 Å². The molecule has 2 fully saturated rings. The number of likely N-dealkylation sites (N-methyl/N-ethyl adjacent to an activating group) is 1. The van der Waals surface area contributed by atoms with Gasteiger partial charge in [0.15, 0.2) is 0 Å². The number of ether oxygens (including phenoxy) is 1. The Labute approximate surface area is 211 Å². The molecule has 0 atom stereocenters. The fourth-order valence-corrected chi connectivity index (χ4v) is 4.82. The molecule has 3 aromatic rings. The van der Waals surface area contributed by atoms with E-state index in [1.165, 1.54) is 6.07 Å². The van der Waals surface area contributed by atoms with Gasteiger partial charge < -0.3 is 24.3 Å². The lowest BCUT2D eigenvalue weighted by atomic mass is 10.1. The van der Waals surface area contributed by atoms with E-state index >= 15 is 0 Å². The first-order valence-corrected chi connectivity index (χ1v) is 12.6. The highest BCUT2D eigenvalue weighted by Gasteiger charge is 2.22. The number of aromatic nitrogens is 4. The van der Waals surface area contributed by atoms with Crippen molar-refractivity contribution in [3.05, 3.63) is 52.6 Å². The van der Waals surface area contributed by atoms with Crippen molar-refractivity contribution in [2.45, 2.75) is 13.8 Å². The van der Waals surface area contributed by atoms with Gasteiger partial charge in [-0.3, -0.25) is 9.78 Å². The number of hydrogen-bond acceptors (Lipinski definition) is 9. The molecule has 0 unspecified atom stereocenters. The number of hydrogen-bond donors (Lipinski definition) is 1. The Kier molecular flexibility index (Phi) is 7.04. The highest BCUT2D eigenvalue weighted by Crippen LogP contribution is 2.24. The largest absolute Gasteiger partial charge is 0.497 e. The average molecular weight is 491 g/mol. The molecule has 2 aromatic heterocycles. The van der Waals surface area contributed by atoms with E-state index in [0.29, 0.717) is 11.6 Å². The Morgan fingerprint density at radius 3 is 2.22 bits per heavy atom. The number of benzene rings is 1. The minimum Gasteiger partial charge on any atom is -0.497 e. The van der Waals surface area contributed by atoms with Crippen molar-refractivity contribution in [1.82, 2.24) is 24.8 Å². The van der Waals surface area contributed by atoms with Gasteiger partial charge in [-0.05, 0) is 37.7 Å². The van der Waals surface area contributed by atoms with Crippen LogP contribution in [0.15, 0.2) is 41.3 Å². The highest BCUT2D eigenvalue weighted by atomic mass is 16.5. The summed E-state index contributed by atoms with van der Waals surface area (Å²) < 4.78 is 5.26. The van der Waals surface area contributed by atoms with E-state index in [1.807, 2.05) is 19.1 Å². The van der Waals surface area contributed by atoms with Crippen molar-refractivity contribution >= 4 is 17.6 Å². The Morgan fingerprint density at radius 1 is 0.917 bits per heavy atom. The number of aromatic amines is 1. The monoisotopic (exact) mass is 490 g/mol. The molecular weight excluding hydrogens is 456 g/mol. The molecule has 0 saturated carbocycles. The van der Waals surface area contributed by atoms with Crippen LogP contribution in [0.4, 0.5) is 17.6 Å². The van der Waals surface area contributed by atoms with E-state index in [9.17, 15) is 4.79 Å². The molecule has 0 spiro atoms. The molecule has 4 heterocycles. The number of aryl methyl sites for hydroxylation is 1. The van der Waals surface area contributed by atoms with Crippen LogP contribution in [0.1, 0.15) is 12.6 Å². The maximum absolute atomic E-state index is 12.6. The Morgan fingerprint density at radius 2 is 1.58 bits per heavy atom. The van der Waals surface area contributed by atoms with E-state index in [4.69, 9.17) is 14.7 Å². The summed E-state index contributed by atoms with van der Waals surface area (Å²) >= 11 is 0. The first-order chi connectivity index (χ1) is 17.5. The highest BCUT2D eigenvalue weighted by molar-refractivity contribution is 5.63. The van der Waals surface area contributed by atoms with Crippen LogP contribution < -0.4 is 25.0 Å². The molecule has 0 radical (unpaired) electrons. The fourth-order valence-electron chi connectivity index (χ4n) is 4.82. The first kappa shape index (κ1) is 24.1. The van der Waals surface area contributed by atoms with Crippen LogP contribution in [0.5, 0.6) is 5.75 Å². The molecule has 2 aliphatic rings. The zero-order valence-electron chi connectivity index (χ0n) is 21.3. The SMILES string of the molecule is CCN1CCN(c2ncc(-c3cc(=O)[nH]c(N4CCN(c5ccc(OC)cc5)CC4)n3)c(C)n2)CC1. The summed E-state index contributed by atoms with van der Waals surface area (Å²) in [7, 11) is 1.67. The predicted molar refractivity (Wildman–Crippen MR) is 142 cm³/mol. The Bertz CT molecular complexity index is 1230. The predicted octanol–water partition coefficient (Wildman–Crippen LogP) is 2.01. The quantitative estimate of drug-likeness (QED) is 0.557. The van der Waals surface area contributed by atoms with Crippen molar-refractivity contribution in [3.63, 3.8) is 0 Å². The van der Waals surface area contributed by atoms with E-state index in [1.54, 1.807) is 13.3 Å². The summed E-state index contributed by atoms with van der Waals surface area (Å²) in [6.45, 7) is 12.3. The number of nitrogens with one attached hydrogen (secondary N) is 1. The number of nitrogens with zero attached hydrogens (tertiary/aromatic N) is 7. The number of rotatable bonds is 6. The smallest absolute Gasteiger partial charge is 0.252 e. The molecule has 36 heavy (non-hydrogen) atoms. The topological polar surface area (TPSA) is 93.7 Å². The van der Waals surface area contributed by atoms with Gasteiger partial charge in [0.1, 0.15) is 5.75 Å².